The molecule has 0 fully saturated rings. The van der Waals surface area contributed by atoms with Gasteiger partial charge in [-0.15, -0.1) is 0 Å². The predicted molar refractivity (Wildman–Crippen MR) is 88.2 cm³/mol. The molecule has 0 atom stereocenters. The normalized spacial score (nSPS) is 12.4. The number of fused-ring (bicyclic) bond motifs is 1. The van der Waals surface area contributed by atoms with Crippen LogP contribution in [0.1, 0.15) is 26.3 Å². The minimum absolute atomic E-state index is 0.196. The zero-order valence-electron chi connectivity index (χ0n) is 13.0. The van der Waals surface area contributed by atoms with Crippen LogP contribution < -0.4 is 5.32 Å². The van der Waals surface area contributed by atoms with Crippen molar-refractivity contribution in [1.82, 2.24) is 9.88 Å². The van der Waals surface area contributed by atoms with Crippen LogP contribution in [-0.2, 0) is 22.9 Å². The van der Waals surface area contributed by atoms with E-state index in [1.54, 1.807) is 6.92 Å². The van der Waals surface area contributed by atoms with E-state index < -0.39 is 9.84 Å². The van der Waals surface area contributed by atoms with Gasteiger partial charge >= 0.3 is 0 Å². The van der Waals surface area contributed by atoms with Gasteiger partial charge in [0.15, 0.2) is 9.84 Å². The van der Waals surface area contributed by atoms with Crippen molar-refractivity contribution < 1.29 is 8.42 Å². The molecule has 0 bridgehead atoms. The average molecular weight is 308 g/mol. The first kappa shape index (κ1) is 16.0. The molecule has 0 aliphatic rings. The maximum Gasteiger partial charge on any atom is 0.151 e. The first-order chi connectivity index (χ1) is 9.93. The molecule has 0 saturated heterocycles. The number of sulfone groups is 1. The fraction of sp³-hybridized carbons (Fsp3) is 0.500. The van der Waals surface area contributed by atoms with Gasteiger partial charge in [0, 0.05) is 42.0 Å². The van der Waals surface area contributed by atoms with Crippen LogP contribution in [0.2, 0.25) is 0 Å². The van der Waals surface area contributed by atoms with Gasteiger partial charge < -0.3 is 9.88 Å². The SMILES string of the molecule is CCS(=O)(=O)CCn1ccc2c(CNC(C)C)cccc21. The van der Waals surface area contributed by atoms with Crippen LogP contribution in [-0.4, -0.2) is 30.5 Å². The summed E-state index contributed by atoms with van der Waals surface area (Å²) in [7, 11) is -2.93. The Morgan fingerprint density at radius 3 is 2.67 bits per heavy atom. The minimum Gasteiger partial charge on any atom is -0.346 e. The van der Waals surface area contributed by atoms with E-state index in [1.165, 1.54) is 10.9 Å². The van der Waals surface area contributed by atoms with E-state index >= 15 is 0 Å². The van der Waals surface area contributed by atoms with Crippen molar-refractivity contribution in [2.75, 3.05) is 11.5 Å². The molecular weight excluding hydrogens is 284 g/mol. The second kappa shape index (κ2) is 6.62. The summed E-state index contributed by atoms with van der Waals surface area (Å²) < 4.78 is 25.3. The number of aryl methyl sites for hydroxylation is 1. The summed E-state index contributed by atoms with van der Waals surface area (Å²) >= 11 is 0. The van der Waals surface area contributed by atoms with Gasteiger partial charge in [0.2, 0.25) is 0 Å². The number of hydrogen-bond acceptors (Lipinski definition) is 3. The molecule has 0 spiro atoms. The number of aromatic nitrogens is 1. The molecule has 1 N–H and O–H groups in total. The Hall–Kier alpha value is -1.33. The topological polar surface area (TPSA) is 51.1 Å². The molecule has 0 aliphatic carbocycles. The molecule has 0 aliphatic heterocycles. The monoisotopic (exact) mass is 308 g/mol. The predicted octanol–water partition coefficient (Wildman–Crippen LogP) is 2.57. The fourth-order valence-electron chi connectivity index (χ4n) is 2.33. The lowest BCUT2D eigenvalue weighted by Gasteiger charge is -2.10. The van der Waals surface area contributed by atoms with Crippen molar-refractivity contribution in [2.45, 2.75) is 39.9 Å². The molecule has 0 unspecified atom stereocenters. The highest BCUT2D eigenvalue weighted by molar-refractivity contribution is 7.91. The maximum atomic E-state index is 11.7. The zero-order valence-corrected chi connectivity index (χ0v) is 13.8. The molecule has 21 heavy (non-hydrogen) atoms. The zero-order chi connectivity index (χ0) is 15.5. The number of nitrogens with zero attached hydrogens (tertiary/aromatic N) is 1. The standard InChI is InChI=1S/C16H24N2O2S/c1-4-21(19,20)11-10-18-9-8-15-14(12-17-13(2)3)6-5-7-16(15)18/h5-9,13,17H,4,10-12H2,1-3H3. The largest absolute Gasteiger partial charge is 0.346 e. The first-order valence-electron chi connectivity index (χ1n) is 7.43. The summed E-state index contributed by atoms with van der Waals surface area (Å²) in [4.78, 5) is 0. The van der Waals surface area contributed by atoms with Gasteiger partial charge in [-0.3, -0.25) is 0 Å². The lowest BCUT2D eigenvalue weighted by atomic mass is 10.1. The van der Waals surface area contributed by atoms with E-state index in [0.29, 0.717) is 12.6 Å². The Labute approximate surface area is 127 Å². The van der Waals surface area contributed by atoms with Gasteiger partial charge in [0.25, 0.3) is 0 Å². The van der Waals surface area contributed by atoms with Crippen LogP contribution >= 0.6 is 0 Å². The van der Waals surface area contributed by atoms with Gasteiger partial charge in [-0.25, -0.2) is 8.42 Å². The third kappa shape index (κ3) is 4.08. The summed E-state index contributed by atoms with van der Waals surface area (Å²) in [6, 6.07) is 8.71. The molecule has 2 rings (SSSR count). The Morgan fingerprint density at radius 1 is 1.24 bits per heavy atom. The molecule has 116 valence electrons. The number of benzene rings is 1. The molecule has 2 aromatic rings. The maximum absolute atomic E-state index is 11.7. The molecule has 0 saturated carbocycles. The van der Waals surface area contributed by atoms with Crippen molar-refractivity contribution in [3.05, 3.63) is 36.0 Å². The van der Waals surface area contributed by atoms with Crippen LogP contribution in [0.25, 0.3) is 10.9 Å². The quantitative estimate of drug-likeness (QED) is 0.855. The molecule has 1 aromatic heterocycles. The molecule has 1 heterocycles. The molecule has 1 aromatic carbocycles. The molecular formula is C16H24N2O2S. The lowest BCUT2D eigenvalue weighted by Crippen LogP contribution is -2.21. The van der Waals surface area contributed by atoms with Crippen molar-refractivity contribution in [3.63, 3.8) is 0 Å². The van der Waals surface area contributed by atoms with Crippen LogP contribution in [0.5, 0.6) is 0 Å². The minimum atomic E-state index is -2.93. The summed E-state index contributed by atoms with van der Waals surface area (Å²) in [5.74, 6) is 0.400. The Morgan fingerprint density at radius 2 is 2.00 bits per heavy atom. The second-order valence-electron chi connectivity index (χ2n) is 5.63. The van der Waals surface area contributed by atoms with E-state index in [2.05, 4.69) is 31.3 Å². The average Bonchev–Trinajstić information content (AvgIpc) is 2.86. The molecule has 0 radical (unpaired) electrons. The molecule has 0 amide bonds. The van der Waals surface area contributed by atoms with E-state index in [9.17, 15) is 8.42 Å². The fourth-order valence-corrected chi connectivity index (χ4v) is 3.10. The summed E-state index contributed by atoms with van der Waals surface area (Å²) in [6.45, 7) is 7.29. The van der Waals surface area contributed by atoms with E-state index in [1.807, 2.05) is 22.9 Å². The smallest absolute Gasteiger partial charge is 0.151 e. The van der Waals surface area contributed by atoms with E-state index in [-0.39, 0.29) is 11.5 Å². The molecule has 5 heteroatoms. The van der Waals surface area contributed by atoms with Crippen molar-refractivity contribution >= 4 is 20.7 Å². The van der Waals surface area contributed by atoms with Crippen LogP contribution in [0, 0.1) is 0 Å². The lowest BCUT2D eigenvalue weighted by molar-refractivity contribution is 0.590. The first-order valence-corrected chi connectivity index (χ1v) is 9.25. The summed E-state index contributed by atoms with van der Waals surface area (Å²) in [6.07, 6.45) is 1.98. The third-order valence-electron chi connectivity index (χ3n) is 3.69. The van der Waals surface area contributed by atoms with Crippen LogP contribution in [0.3, 0.4) is 0 Å². The van der Waals surface area contributed by atoms with Gasteiger partial charge in [-0.05, 0) is 17.7 Å². The third-order valence-corrected chi connectivity index (χ3v) is 5.37. The number of hydrogen-bond donors (Lipinski definition) is 1. The Bertz CT molecular complexity index is 702. The second-order valence-corrected chi connectivity index (χ2v) is 8.10. The van der Waals surface area contributed by atoms with Crippen molar-refractivity contribution in [1.29, 1.82) is 0 Å². The van der Waals surface area contributed by atoms with Gasteiger partial charge in [0.1, 0.15) is 0 Å². The highest BCUT2D eigenvalue weighted by Crippen LogP contribution is 2.20. The van der Waals surface area contributed by atoms with Gasteiger partial charge in [-0.1, -0.05) is 32.9 Å². The van der Waals surface area contributed by atoms with E-state index in [0.717, 1.165) is 12.1 Å². The van der Waals surface area contributed by atoms with Gasteiger partial charge in [-0.2, -0.15) is 0 Å². The van der Waals surface area contributed by atoms with Crippen LogP contribution in [0.15, 0.2) is 30.5 Å². The highest BCUT2D eigenvalue weighted by Gasteiger charge is 2.10. The summed E-state index contributed by atoms with van der Waals surface area (Å²) in [5.41, 5.74) is 2.35. The number of nitrogens with one attached hydrogen (secondary N) is 1. The van der Waals surface area contributed by atoms with Gasteiger partial charge in [0.05, 0.1) is 5.75 Å². The number of rotatable bonds is 7. The van der Waals surface area contributed by atoms with Crippen LogP contribution in [0.4, 0.5) is 0 Å². The Balaban J connectivity index is 2.22. The van der Waals surface area contributed by atoms with Crippen molar-refractivity contribution in [3.8, 4) is 0 Å². The highest BCUT2D eigenvalue weighted by atomic mass is 32.2. The Kier molecular flexibility index (Phi) is 5.06. The summed E-state index contributed by atoms with van der Waals surface area (Å²) in [5, 5.41) is 4.62. The van der Waals surface area contributed by atoms with E-state index in [4.69, 9.17) is 0 Å². The molecule has 4 nitrogen and oxygen atoms in total. The van der Waals surface area contributed by atoms with Crippen molar-refractivity contribution in [2.24, 2.45) is 0 Å².